The molecule has 0 radical (unpaired) electrons. The maximum Gasteiger partial charge on any atom is 0.374 e. The fourth-order valence-corrected chi connectivity index (χ4v) is 2.67. The van der Waals surface area contributed by atoms with Crippen LogP contribution in [0.1, 0.15) is 35.4 Å². The lowest BCUT2D eigenvalue weighted by Gasteiger charge is -2.26. The molecular weight excluding hydrogens is 268 g/mol. The average Bonchev–Trinajstić information content (AvgIpc) is 2.99. The number of carboxylic acids is 1. The monoisotopic (exact) mass is 286 g/mol. The van der Waals surface area contributed by atoms with Gasteiger partial charge in [0.25, 0.3) is 0 Å². The number of aromatic carboxylic acids is 1. The number of hydrogen-bond donors (Lipinski definition) is 1. The van der Waals surface area contributed by atoms with Gasteiger partial charge in [-0.1, -0.05) is 35.8 Å². The van der Waals surface area contributed by atoms with Crippen LogP contribution in [0, 0.1) is 0 Å². The van der Waals surface area contributed by atoms with Crippen LogP contribution in [0.3, 0.4) is 0 Å². The molecule has 1 aromatic carbocycles. The number of piperidine rings is 1. The highest BCUT2D eigenvalue weighted by molar-refractivity contribution is 5.85. The van der Waals surface area contributed by atoms with E-state index in [0.717, 1.165) is 12.1 Å². The normalized spacial score (nSPS) is 16.0. The second-order valence-electron chi connectivity index (χ2n) is 5.42. The van der Waals surface area contributed by atoms with Crippen molar-refractivity contribution in [2.75, 3.05) is 13.1 Å². The summed E-state index contributed by atoms with van der Waals surface area (Å²) in [7, 11) is 0. The van der Waals surface area contributed by atoms with E-state index in [1.165, 1.54) is 44.0 Å². The van der Waals surface area contributed by atoms with E-state index in [-0.39, 0.29) is 5.76 Å². The van der Waals surface area contributed by atoms with Gasteiger partial charge in [0.05, 0.1) is 0 Å². The van der Waals surface area contributed by atoms with Crippen molar-refractivity contribution in [3.05, 3.63) is 41.7 Å². The van der Waals surface area contributed by atoms with Crippen LogP contribution in [0.2, 0.25) is 0 Å². The van der Waals surface area contributed by atoms with Crippen molar-refractivity contribution in [3.8, 4) is 11.3 Å². The van der Waals surface area contributed by atoms with Crippen LogP contribution in [0.15, 0.2) is 34.9 Å². The van der Waals surface area contributed by atoms with Crippen molar-refractivity contribution >= 4 is 5.97 Å². The van der Waals surface area contributed by atoms with Crippen LogP contribution < -0.4 is 0 Å². The topological polar surface area (TPSA) is 66.6 Å². The summed E-state index contributed by atoms with van der Waals surface area (Å²) in [5.41, 5.74) is 2.69. The second kappa shape index (κ2) is 6.10. The minimum atomic E-state index is -1.10. The third kappa shape index (κ3) is 3.31. The number of hydrogen-bond acceptors (Lipinski definition) is 4. The molecule has 0 amide bonds. The van der Waals surface area contributed by atoms with E-state index in [1.54, 1.807) is 0 Å². The van der Waals surface area contributed by atoms with Gasteiger partial charge in [0, 0.05) is 18.2 Å². The molecular formula is C16H18N2O3. The Balaban J connectivity index is 1.69. The number of benzene rings is 1. The van der Waals surface area contributed by atoms with E-state index < -0.39 is 5.97 Å². The summed E-state index contributed by atoms with van der Waals surface area (Å²) in [5, 5.41) is 12.6. The van der Waals surface area contributed by atoms with Crippen molar-refractivity contribution in [1.29, 1.82) is 0 Å². The van der Waals surface area contributed by atoms with Gasteiger partial charge in [-0.3, -0.25) is 4.90 Å². The van der Waals surface area contributed by atoms with Gasteiger partial charge in [-0.25, -0.2) is 4.79 Å². The average molecular weight is 286 g/mol. The molecule has 0 unspecified atom stereocenters. The predicted octanol–water partition coefficient (Wildman–Crippen LogP) is 3.03. The lowest BCUT2D eigenvalue weighted by molar-refractivity contribution is 0.0652. The van der Waals surface area contributed by atoms with Gasteiger partial charge in [-0.2, -0.15) is 0 Å². The molecule has 0 aliphatic carbocycles. The molecule has 1 aromatic heterocycles. The van der Waals surface area contributed by atoms with Crippen LogP contribution in [0.4, 0.5) is 0 Å². The molecule has 5 nitrogen and oxygen atoms in total. The standard InChI is InChI=1S/C16H18N2O3/c19-16(20)15-10-14(17-21-15)13-6-4-12(5-7-13)11-18-8-2-1-3-9-18/h4-7,10H,1-3,8-9,11H2,(H,19,20). The molecule has 2 aromatic rings. The fraction of sp³-hybridized carbons (Fsp3) is 0.375. The van der Waals surface area contributed by atoms with E-state index >= 15 is 0 Å². The van der Waals surface area contributed by atoms with Gasteiger partial charge in [0.1, 0.15) is 5.69 Å². The second-order valence-corrected chi connectivity index (χ2v) is 5.42. The molecule has 5 heteroatoms. The quantitative estimate of drug-likeness (QED) is 0.935. The third-order valence-electron chi connectivity index (χ3n) is 3.83. The molecule has 0 saturated carbocycles. The molecule has 1 aliphatic heterocycles. The number of rotatable bonds is 4. The smallest absolute Gasteiger partial charge is 0.374 e. The predicted molar refractivity (Wildman–Crippen MR) is 78.0 cm³/mol. The fourth-order valence-electron chi connectivity index (χ4n) is 2.67. The Bertz CT molecular complexity index is 613. The Kier molecular flexibility index (Phi) is 4.01. The minimum absolute atomic E-state index is 0.137. The molecule has 110 valence electrons. The SMILES string of the molecule is O=C(O)c1cc(-c2ccc(CN3CCCCC3)cc2)no1. The van der Waals surface area contributed by atoms with Gasteiger partial charge >= 0.3 is 5.97 Å². The van der Waals surface area contributed by atoms with Gasteiger partial charge in [-0.05, 0) is 31.5 Å². The number of aromatic nitrogens is 1. The molecule has 21 heavy (non-hydrogen) atoms. The summed E-state index contributed by atoms with van der Waals surface area (Å²) in [6, 6.07) is 9.51. The third-order valence-corrected chi connectivity index (χ3v) is 3.83. The molecule has 0 spiro atoms. The number of nitrogens with zero attached hydrogens (tertiary/aromatic N) is 2. The first-order valence-corrected chi connectivity index (χ1v) is 7.24. The largest absolute Gasteiger partial charge is 0.475 e. The molecule has 1 aliphatic rings. The van der Waals surface area contributed by atoms with Crippen molar-refractivity contribution in [2.24, 2.45) is 0 Å². The maximum atomic E-state index is 10.8. The zero-order valence-corrected chi connectivity index (χ0v) is 11.8. The molecule has 0 atom stereocenters. The van der Waals surface area contributed by atoms with Gasteiger partial charge in [0.15, 0.2) is 0 Å². The van der Waals surface area contributed by atoms with E-state index in [4.69, 9.17) is 9.63 Å². The molecule has 1 saturated heterocycles. The Hall–Kier alpha value is -2.14. The lowest BCUT2D eigenvalue weighted by Crippen LogP contribution is -2.28. The molecule has 1 fully saturated rings. The highest BCUT2D eigenvalue weighted by Gasteiger charge is 2.13. The maximum absolute atomic E-state index is 10.8. The summed E-state index contributed by atoms with van der Waals surface area (Å²) in [6.07, 6.45) is 3.91. The molecule has 1 N–H and O–H groups in total. The Morgan fingerprint density at radius 1 is 1.19 bits per heavy atom. The van der Waals surface area contributed by atoms with Gasteiger partial charge in [-0.15, -0.1) is 0 Å². The highest BCUT2D eigenvalue weighted by Crippen LogP contribution is 2.21. The van der Waals surface area contributed by atoms with E-state index in [2.05, 4.69) is 22.2 Å². The van der Waals surface area contributed by atoms with Crippen molar-refractivity contribution in [1.82, 2.24) is 10.1 Å². The zero-order chi connectivity index (χ0) is 14.7. The van der Waals surface area contributed by atoms with E-state index in [1.807, 2.05) is 12.1 Å². The molecule has 3 rings (SSSR count). The summed E-state index contributed by atoms with van der Waals surface area (Å²) in [4.78, 5) is 13.3. The molecule has 0 bridgehead atoms. The van der Waals surface area contributed by atoms with Crippen LogP contribution in [-0.4, -0.2) is 34.2 Å². The van der Waals surface area contributed by atoms with Crippen LogP contribution >= 0.6 is 0 Å². The van der Waals surface area contributed by atoms with E-state index in [9.17, 15) is 4.79 Å². The summed E-state index contributed by atoms with van der Waals surface area (Å²) in [5.74, 6) is -1.24. The van der Waals surface area contributed by atoms with Crippen LogP contribution in [0.25, 0.3) is 11.3 Å². The summed E-state index contributed by atoms with van der Waals surface area (Å²) >= 11 is 0. The van der Waals surface area contributed by atoms with Gasteiger partial charge < -0.3 is 9.63 Å². The number of carboxylic acid groups (broad SMARTS) is 1. The number of carbonyl (C=O) groups is 1. The van der Waals surface area contributed by atoms with Crippen LogP contribution in [0.5, 0.6) is 0 Å². The lowest BCUT2D eigenvalue weighted by atomic mass is 10.1. The van der Waals surface area contributed by atoms with Gasteiger partial charge in [0.2, 0.25) is 5.76 Å². The van der Waals surface area contributed by atoms with Crippen molar-refractivity contribution in [3.63, 3.8) is 0 Å². The first-order chi connectivity index (χ1) is 10.2. The Labute approximate surface area is 123 Å². The first kappa shape index (κ1) is 13.8. The van der Waals surface area contributed by atoms with Crippen molar-refractivity contribution < 1.29 is 14.4 Å². The number of likely N-dealkylation sites (tertiary alicyclic amines) is 1. The summed E-state index contributed by atoms with van der Waals surface area (Å²) in [6.45, 7) is 3.32. The Morgan fingerprint density at radius 3 is 2.52 bits per heavy atom. The zero-order valence-electron chi connectivity index (χ0n) is 11.8. The summed E-state index contributed by atoms with van der Waals surface area (Å²) < 4.78 is 4.77. The van der Waals surface area contributed by atoms with Crippen LogP contribution in [-0.2, 0) is 6.54 Å². The first-order valence-electron chi connectivity index (χ1n) is 7.24. The highest BCUT2D eigenvalue weighted by atomic mass is 16.5. The Morgan fingerprint density at radius 2 is 1.90 bits per heavy atom. The molecule has 2 heterocycles. The van der Waals surface area contributed by atoms with Crippen molar-refractivity contribution in [2.45, 2.75) is 25.8 Å². The van der Waals surface area contributed by atoms with E-state index in [0.29, 0.717) is 5.69 Å². The minimum Gasteiger partial charge on any atom is -0.475 e.